The maximum absolute atomic E-state index is 10.2. The fourth-order valence-corrected chi connectivity index (χ4v) is 2.14. The van der Waals surface area contributed by atoms with E-state index in [2.05, 4.69) is 25.9 Å². The Morgan fingerprint density at radius 2 is 2.12 bits per heavy atom. The molecule has 0 aromatic carbocycles. The van der Waals surface area contributed by atoms with E-state index in [4.69, 9.17) is 0 Å². The maximum Gasteiger partial charge on any atom is 0.0959 e. The van der Waals surface area contributed by atoms with Gasteiger partial charge in [0.25, 0.3) is 0 Å². The average molecular weight is 224 g/mol. The molecule has 92 valence electrons. The quantitative estimate of drug-likeness (QED) is 0.772. The molecular formula is C13H24N2O. The predicted molar refractivity (Wildman–Crippen MR) is 66.2 cm³/mol. The predicted octanol–water partition coefficient (Wildman–Crippen LogP) is 3.15. The lowest BCUT2D eigenvalue weighted by Gasteiger charge is -2.17. The Balaban J connectivity index is 2.57. The molecule has 1 N–H and O–H groups in total. The lowest BCUT2D eigenvalue weighted by Crippen LogP contribution is -2.11. The zero-order valence-electron chi connectivity index (χ0n) is 10.7. The van der Waals surface area contributed by atoms with E-state index in [1.54, 1.807) is 6.20 Å². The Morgan fingerprint density at radius 1 is 1.38 bits per heavy atom. The summed E-state index contributed by atoms with van der Waals surface area (Å²) < 4.78 is 1.92. The van der Waals surface area contributed by atoms with Crippen LogP contribution >= 0.6 is 0 Å². The van der Waals surface area contributed by atoms with E-state index in [-0.39, 0.29) is 6.10 Å². The smallest absolute Gasteiger partial charge is 0.0959 e. The number of nitrogens with zero attached hydrogens (tertiary/aromatic N) is 2. The molecule has 0 aliphatic carbocycles. The second-order valence-electron chi connectivity index (χ2n) is 4.62. The van der Waals surface area contributed by atoms with E-state index in [0.717, 1.165) is 25.1 Å². The van der Waals surface area contributed by atoms with Gasteiger partial charge in [-0.3, -0.25) is 4.68 Å². The zero-order chi connectivity index (χ0) is 12.0. The molecule has 1 aromatic rings. The van der Waals surface area contributed by atoms with Gasteiger partial charge in [0.1, 0.15) is 0 Å². The molecule has 0 spiro atoms. The SMILES string of the molecule is CCCC(C)CC(O)c1ccnn1CCC. The van der Waals surface area contributed by atoms with Crippen LogP contribution in [0.5, 0.6) is 0 Å². The topological polar surface area (TPSA) is 38.1 Å². The molecule has 0 saturated heterocycles. The Hall–Kier alpha value is -0.830. The Labute approximate surface area is 98.5 Å². The van der Waals surface area contributed by atoms with Gasteiger partial charge in [-0.05, 0) is 24.8 Å². The third-order valence-electron chi connectivity index (χ3n) is 2.93. The highest BCUT2D eigenvalue weighted by Gasteiger charge is 2.15. The lowest BCUT2D eigenvalue weighted by molar-refractivity contribution is 0.135. The van der Waals surface area contributed by atoms with Crippen molar-refractivity contribution in [2.75, 3.05) is 0 Å². The van der Waals surface area contributed by atoms with Crippen molar-refractivity contribution in [2.24, 2.45) is 5.92 Å². The van der Waals surface area contributed by atoms with Gasteiger partial charge in [0.2, 0.25) is 0 Å². The van der Waals surface area contributed by atoms with Crippen LogP contribution in [0.3, 0.4) is 0 Å². The van der Waals surface area contributed by atoms with Gasteiger partial charge in [-0.1, -0.05) is 33.6 Å². The standard InChI is InChI=1S/C13H24N2O/c1-4-6-11(3)10-13(16)12-7-8-14-15(12)9-5-2/h7-8,11,13,16H,4-6,9-10H2,1-3H3. The fraction of sp³-hybridized carbons (Fsp3) is 0.769. The minimum atomic E-state index is -0.365. The molecule has 0 aliphatic rings. The van der Waals surface area contributed by atoms with Gasteiger partial charge in [-0.15, -0.1) is 0 Å². The summed E-state index contributed by atoms with van der Waals surface area (Å²) in [6, 6.07) is 1.93. The molecule has 1 rings (SSSR count). The largest absolute Gasteiger partial charge is 0.387 e. The van der Waals surface area contributed by atoms with Crippen molar-refractivity contribution in [3.8, 4) is 0 Å². The summed E-state index contributed by atoms with van der Waals surface area (Å²) in [5.41, 5.74) is 0.963. The van der Waals surface area contributed by atoms with E-state index >= 15 is 0 Å². The van der Waals surface area contributed by atoms with Crippen molar-refractivity contribution in [1.29, 1.82) is 0 Å². The van der Waals surface area contributed by atoms with Gasteiger partial charge in [0.15, 0.2) is 0 Å². The number of rotatable bonds is 7. The van der Waals surface area contributed by atoms with Crippen LogP contribution in [0.4, 0.5) is 0 Å². The van der Waals surface area contributed by atoms with Gasteiger partial charge in [-0.25, -0.2) is 0 Å². The number of aryl methyl sites for hydroxylation is 1. The van der Waals surface area contributed by atoms with E-state index in [0.29, 0.717) is 5.92 Å². The first-order valence-corrected chi connectivity index (χ1v) is 6.38. The Morgan fingerprint density at radius 3 is 2.75 bits per heavy atom. The van der Waals surface area contributed by atoms with Crippen molar-refractivity contribution < 1.29 is 5.11 Å². The number of aliphatic hydroxyl groups excluding tert-OH is 1. The van der Waals surface area contributed by atoms with E-state index < -0.39 is 0 Å². The molecule has 3 nitrogen and oxygen atoms in total. The monoisotopic (exact) mass is 224 g/mol. The average Bonchev–Trinajstić information content (AvgIpc) is 2.66. The highest BCUT2D eigenvalue weighted by molar-refractivity contribution is 5.04. The van der Waals surface area contributed by atoms with Crippen molar-refractivity contribution in [2.45, 2.75) is 59.1 Å². The van der Waals surface area contributed by atoms with Gasteiger partial charge >= 0.3 is 0 Å². The van der Waals surface area contributed by atoms with Crippen LogP contribution in [0.2, 0.25) is 0 Å². The zero-order valence-corrected chi connectivity index (χ0v) is 10.7. The fourth-order valence-electron chi connectivity index (χ4n) is 2.14. The number of aliphatic hydroxyl groups is 1. The van der Waals surface area contributed by atoms with E-state index in [9.17, 15) is 5.11 Å². The minimum absolute atomic E-state index is 0.365. The summed E-state index contributed by atoms with van der Waals surface area (Å²) in [4.78, 5) is 0. The minimum Gasteiger partial charge on any atom is -0.387 e. The Bertz CT molecular complexity index is 296. The second kappa shape index (κ2) is 6.69. The molecule has 0 bridgehead atoms. The maximum atomic E-state index is 10.2. The normalized spacial score (nSPS) is 15.0. The van der Waals surface area contributed by atoms with Crippen LogP contribution in [0, 0.1) is 5.92 Å². The Kier molecular flexibility index (Phi) is 5.53. The summed E-state index contributed by atoms with van der Waals surface area (Å²) >= 11 is 0. The summed E-state index contributed by atoms with van der Waals surface area (Å²) in [7, 11) is 0. The molecule has 1 aromatic heterocycles. The van der Waals surface area contributed by atoms with Crippen LogP contribution in [0.25, 0.3) is 0 Å². The molecule has 1 heterocycles. The molecule has 2 atom stereocenters. The van der Waals surface area contributed by atoms with E-state index in [1.807, 2.05) is 10.7 Å². The first-order chi connectivity index (χ1) is 7.69. The van der Waals surface area contributed by atoms with Crippen LogP contribution in [-0.2, 0) is 6.54 Å². The summed E-state index contributed by atoms with van der Waals surface area (Å²) in [6.07, 6.45) is 5.66. The first kappa shape index (κ1) is 13.2. The molecule has 0 amide bonds. The van der Waals surface area contributed by atoms with Gasteiger partial charge < -0.3 is 5.11 Å². The van der Waals surface area contributed by atoms with Gasteiger partial charge in [0, 0.05) is 12.7 Å². The van der Waals surface area contributed by atoms with Crippen LogP contribution in [0.15, 0.2) is 12.3 Å². The number of aromatic nitrogens is 2. The van der Waals surface area contributed by atoms with Crippen molar-refractivity contribution in [3.63, 3.8) is 0 Å². The second-order valence-corrected chi connectivity index (χ2v) is 4.62. The van der Waals surface area contributed by atoms with E-state index in [1.165, 1.54) is 12.8 Å². The molecule has 0 aliphatic heterocycles. The lowest BCUT2D eigenvalue weighted by atomic mass is 9.97. The van der Waals surface area contributed by atoms with Crippen LogP contribution in [0.1, 0.15) is 58.3 Å². The third-order valence-corrected chi connectivity index (χ3v) is 2.93. The molecule has 0 radical (unpaired) electrons. The molecule has 2 unspecified atom stereocenters. The third kappa shape index (κ3) is 3.63. The molecule has 0 fully saturated rings. The van der Waals surface area contributed by atoms with Gasteiger partial charge in [-0.2, -0.15) is 5.10 Å². The summed E-state index contributed by atoms with van der Waals surface area (Å²) in [6.45, 7) is 7.40. The molecule has 16 heavy (non-hydrogen) atoms. The van der Waals surface area contributed by atoms with Crippen molar-refractivity contribution in [3.05, 3.63) is 18.0 Å². The van der Waals surface area contributed by atoms with Crippen LogP contribution in [-0.4, -0.2) is 14.9 Å². The summed E-state index contributed by atoms with van der Waals surface area (Å²) in [5, 5.41) is 14.4. The number of hydrogen-bond acceptors (Lipinski definition) is 2. The van der Waals surface area contributed by atoms with Crippen molar-refractivity contribution >= 4 is 0 Å². The van der Waals surface area contributed by atoms with Crippen molar-refractivity contribution in [1.82, 2.24) is 9.78 Å². The molecule has 3 heteroatoms. The summed E-state index contributed by atoms with van der Waals surface area (Å²) in [5.74, 6) is 0.574. The first-order valence-electron chi connectivity index (χ1n) is 6.38. The highest BCUT2D eigenvalue weighted by atomic mass is 16.3. The number of hydrogen-bond donors (Lipinski definition) is 1. The molecular weight excluding hydrogens is 200 g/mol. The van der Waals surface area contributed by atoms with Crippen LogP contribution < -0.4 is 0 Å². The van der Waals surface area contributed by atoms with Gasteiger partial charge in [0.05, 0.1) is 11.8 Å². The molecule has 0 saturated carbocycles. The highest BCUT2D eigenvalue weighted by Crippen LogP contribution is 2.23.